The number of hydrogen-bond donors (Lipinski definition) is 4. The van der Waals surface area contributed by atoms with E-state index in [1.807, 2.05) is 0 Å². The maximum Gasteiger partial charge on any atom is 0.221 e. The van der Waals surface area contributed by atoms with Crippen LogP contribution in [0.15, 0.2) is 0 Å². The number of piperidine rings is 1. The smallest absolute Gasteiger partial charge is 0.221 e. The van der Waals surface area contributed by atoms with Gasteiger partial charge in [0.1, 0.15) is 6.23 Å². The van der Waals surface area contributed by atoms with Crippen LogP contribution in [-0.4, -0.2) is 56.0 Å². The van der Waals surface area contributed by atoms with Crippen molar-refractivity contribution in [3.05, 3.63) is 0 Å². The summed E-state index contributed by atoms with van der Waals surface area (Å²) in [7, 11) is 0. The summed E-state index contributed by atoms with van der Waals surface area (Å²) in [6.45, 7) is 8.83. The van der Waals surface area contributed by atoms with Gasteiger partial charge < -0.3 is 20.7 Å². The molecule has 0 aromatic heterocycles. The number of carbonyl (C=O) groups excluding carboxylic acids is 1. The van der Waals surface area contributed by atoms with Gasteiger partial charge in [0.25, 0.3) is 0 Å². The van der Waals surface area contributed by atoms with Crippen molar-refractivity contribution in [1.82, 2.24) is 21.3 Å². The normalized spacial score (nSPS) is 31.4. The molecule has 2 aliphatic heterocycles. The van der Waals surface area contributed by atoms with E-state index < -0.39 is 0 Å². The quantitative estimate of drug-likeness (QED) is 0.530. The lowest BCUT2D eigenvalue weighted by Gasteiger charge is -2.32. The second-order valence-electron chi connectivity index (χ2n) is 6.60. The van der Waals surface area contributed by atoms with E-state index in [0.29, 0.717) is 25.1 Å². The zero-order valence-corrected chi connectivity index (χ0v) is 13.4. The van der Waals surface area contributed by atoms with E-state index in [1.165, 1.54) is 0 Å². The molecule has 0 aromatic rings. The van der Waals surface area contributed by atoms with Gasteiger partial charge in [-0.2, -0.15) is 0 Å². The predicted molar refractivity (Wildman–Crippen MR) is 83.0 cm³/mol. The number of carbonyl (C=O) groups is 1. The molecule has 2 saturated heterocycles. The minimum atomic E-state index is 0.137. The lowest BCUT2D eigenvalue weighted by molar-refractivity contribution is -0.119. The van der Waals surface area contributed by atoms with Gasteiger partial charge in [-0.1, -0.05) is 13.8 Å². The number of amides is 1. The summed E-state index contributed by atoms with van der Waals surface area (Å²) in [4.78, 5) is 11.1. The molecule has 21 heavy (non-hydrogen) atoms. The first-order chi connectivity index (χ1) is 10.0. The van der Waals surface area contributed by atoms with Crippen LogP contribution < -0.4 is 21.3 Å². The molecule has 0 radical (unpaired) electrons. The highest BCUT2D eigenvalue weighted by Crippen LogP contribution is 2.10. The topological polar surface area (TPSA) is 74.4 Å². The minimum absolute atomic E-state index is 0.137. The maximum atomic E-state index is 11.1. The van der Waals surface area contributed by atoms with Gasteiger partial charge in [0.2, 0.25) is 5.91 Å². The van der Waals surface area contributed by atoms with Crippen LogP contribution in [0.2, 0.25) is 0 Å². The van der Waals surface area contributed by atoms with Crippen LogP contribution >= 0.6 is 0 Å². The van der Waals surface area contributed by atoms with Crippen molar-refractivity contribution < 1.29 is 9.53 Å². The molecule has 2 rings (SSSR count). The monoisotopic (exact) mass is 298 g/mol. The van der Waals surface area contributed by atoms with Gasteiger partial charge in [0, 0.05) is 43.7 Å². The summed E-state index contributed by atoms with van der Waals surface area (Å²) in [5, 5.41) is 13.3. The highest BCUT2D eigenvalue weighted by atomic mass is 16.5. The van der Waals surface area contributed by atoms with Gasteiger partial charge in [0.05, 0.1) is 6.61 Å². The molecule has 0 aromatic carbocycles. The number of ether oxygens (including phenoxy) is 1. The number of rotatable bonds is 7. The second-order valence-corrected chi connectivity index (χ2v) is 6.60. The Morgan fingerprint density at radius 1 is 1.19 bits per heavy atom. The van der Waals surface area contributed by atoms with Crippen molar-refractivity contribution in [3.8, 4) is 0 Å². The van der Waals surface area contributed by atoms with Crippen LogP contribution in [0.5, 0.6) is 0 Å². The molecule has 0 saturated carbocycles. The standard InChI is InChI=1S/C15H30N4O2/c1-10(2)18-12-4-5-15(17-7-12)21-9-11(3)19-13-6-14(20)16-8-13/h10-13,15,17-19H,4-9H2,1-3H3,(H,16,20). The second kappa shape index (κ2) is 8.08. The molecule has 2 aliphatic rings. The third-order valence-electron chi connectivity index (χ3n) is 3.98. The van der Waals surface area contributed by atoms with Gasteiger partial charge >= 0.3 is 0 Å². The Hall–Kier alpha value is -0.690. The molecule has 0 spiro atoms. The lowest BCUT2D eigenvalue weighted by atomic mass is 10.1. The highest BCUT2D eigenvalue weighted by Gasteiger charge is 2.24. The number of hydrogen-bond acceptors (Lipinski definition) is 5. The maximum absolute atomic E-state index is 11.1. The Labute approximate surface area is 127 Å². The molecular formula is C15H30N4O2. The van der Waals surface area contributed by atoms with E-state index in [2.05, 4.69) is 42.0 Å². The van der Waals surface area contributed by atoms with Crippen molar-refractivity contribution in [2.75, 3.05) is 19.7 Å². The average Bonchev–Trinajstić information content (AvgIpc) is 2.83. The van der Waals surface area contributed by atoms with Crippen LogP contribution in [0.4, 0.5) is 0 Å². The molecule has 6 nitrogen and oxygen atoms in total. The molecule has 0 bridgehead atoms. The molecule has 4 unspecified atom stereocenters. The summed E-state index contributed by atoms with van der Waals surface area (Å²) >= 11 is 0. The molecule has 4 N–H and O–H groups in total. The summed E-state index contributed by atoms with van der Waals surface area (Å²) in [5.41, 5.74) is 0. The third-order valence-corrected chi connectivity index (χ3v) is 3.98. The van der Waals surface area contributed by atoms with Crippen molar-refractivity contribution in [2.24, 2.45) is 0 Å². The van der Waals surface area contributed by atoms with Gasteiger partial charge in [-0.25, -0.2) is 0 Å². The molecule has 2 heterocycles. The van der Waals surface area contributed by atoms with Crippen LogP contribution in [-0.2, 0) is 9.53 Å². The van der Waals surface area contributed by atoms with Crippen molar-refractivity contribution >= 4 is 5.91 Å². The number of nitrogens with one attached hydrogen (secondary N) is 4. The van der Waals surface area contributed by atoms with Crippen molar-refractivity contribution in [1.29, 1.82) is 0 Å². The summed E-state index contributed by atoms with van der Waals surface area (Å²) < 4.78 is 5.93. The Morgan fingerprint density at radius 2 is 2.00 bits per heavy atom. The van der Waals surface area contributed by atoms with E-state index in [-0.39, 0.29) is 24.2 Å². The lowest BCUT2D eigenvalue weighted by Crippen LogP contribution is -2.51. The van der Waals surface area contributed by atoms with E-state index in [4.69, 9.17) is 4.74 Å². The zero-order chi connectivity index (χ0) is 15.2. The molecule has 2 fully saturated rings. The fraction of sp³-hybridized carbons (Fsp3) is 0.933. The van der Waals surface area contributed by atoms with Crippen molar-refractivity contribution in [3.63, 3.8) is 0 Å². The first-order valence-electron chi connectivity index (χ1n) is 8.16. The summed E-state index contributed by atoms with van der Waals surface area (Å²) in [6.07, 6.45) is 2.93. The largest absolute Gasteiger partial charge is 0.362 e. The third kappa shape index (κ3) is 5.90. The Bertz CT molecular complexity index is 330. The van der Waals surface area contributed by atoms with Crippen LogP contribution in [0.3, 0.4) is 0 Å². The Morgan fingerprint density at radius 3 is 2.57 bits per heavy atom. The fourth-order valence-electron chi connectivity index (χ4n) is 3.02. The highest BCUT2D eigenvalue weighted by molar-refractivity contribution is 5.78. The summed E-state index contributed by atoms with van der Waals surface area (Å²) in [6, 6.07) is 1.59. The van der Waals surface area contributed by atoms with Gasteiger partial charge in [-0.3, -0.25) is 10.1 Å². The van der Waals surface area contributed by atoms with Crippen LogP contribution in [0, 0.1) is 0 Å². The first-order valence-corrected chi connectivity index (χ1v) is 8.16. The van der Waals surface area contributed by atoms with E-state index in [0.717, 1.165) is 25.9 Å². The molecule has 122 valence electrons. The van der Waals surface area contributed by atoms with Crippen molar-refractivity contribution in [2.45, 2.75) is 70.4 Å². The molecule has 1 amide bonds. The molecule has 0 aliphatic carbocycles. The van der Waals surface area contributed by atoms with Crippen LogP contribution in [0.1, 0.15) is 40.0 Å². The first kappa shape index (κ1) is 16.7. The molecular weight excluding hydrogens is 268 g/mol. The average molecular weight is 298 g/mol. The van der Waals surface area contributed by atoms with E-state index >= 15 is 0 Å². The fourth-order valence-corrected chi connectivity index (χ4v) is 3.02. The van der Waals surface area contributed by atoms with Gasteiger partial charge in [-0.05, 0) is 19.8 Å². The predicted octanol–water partition coefficient (Wildman–Crippen LogP) is -0.0543. The van der Waals surface area contributed by atoms with Crippen LogP contribution in [0.25, 0.3) is 0 Å². The SMILES string of the molecule is CC(C)NC1CCC(OCC(C)NC2CNC(=O)C2)NC1. The van der Waals surface area contributed by atoms with E-state index in [9.17, 15) is 4.79 Å². The Kier molecular flexibility index (Phi) is 6.41. The van der Waals surface area contributed by atoms with E-state index in [1.54, 1.807) is 0 Å². The Balaban J connectivity index is 1.57. The van der Waals surface area contributed by atoms with Gasteiger partial charge in [0.15, 0.2) is 0 Å². The molecule has 4 atom stereocenters. The van der Waals surface area contributed by atoms with Gasteiger partial charge in [-0.15, -0.1) is 0 Å². The minimum Gasteiger partial charge on any atom is -0.362 e. The zero-order valence-electron chi connectivity index (χ0n) is 13.4. The molecule has 6 heteroatoms. The summed E-state index contributed by atoms with van der Waals surface area (Å²) in [5.74, 6) is 0.137.